The average Bonchev–Trinajstić information content (AvgIpc) is 3.34. The molecule has 0 saturated heterocycles. The number of hydrogen-bond donors (Lipinski definition) is 0. The Bertz CT molecular complexity index is 899. The predicted octanol–water partition coefficient (Wildman–Crippen LogP) is 3.26. The second-order valence-corrected chi connectivity index (χ2v) is 5.59. The van der Waals surface area contributed by atoms with Crippen LogP contribution in [0.15, 0.2) is 30.7 Å². The topological polar surface area (TPSA) is 67.4 Å². The van der Waals surface area contributed by atoms with Crippen LogP contribution in [0.1, 0.15) is 37.1 Å². The van der Waals surface area contributed by atoms with Crippen LogP contribution in [0.5, 0.6) is 0 Å². The third-order valence-electron chi connectivity index (χ3n) is 4.10. The Morgan fingerprint density at radius 1 is 1.36 bits per heavy atom. The van der Waals surface area contributed by atoms with Crippen molar-refractivity contribution in [2.24, 2.45) is 0 Å². The van der Waals surface area contributed by atoms with E-state index < -0.39 is 0 Å². The first kappa shape index (κ1) is 13.0. The number of benzene rings is 1. The highest BCUT2D eigenvalue weighted by molar-refractivity contribution is 5.82. The van der Waals surface area contributed by atoms with Crippen molar-refractivity contribution in [3.63, 3.8) is 0 Å². The molecule has 5 nitrogen and oxygen atoms in total. The van der Waals surface area contributed by atoms with E-state index in [0.717, 1.165) is 47.4 Å². The molecule has 0 amide bonds. The number of fused-ring (bicyclic) bond motifs is 1. The smallest absolute Gasteiger partial charge is 0.144 e. The lowest BCUT2D eigenvalue weighted by molar-refractivity contribution is 0.772. The predicted molar refractivity (Wildman–Crippen MR) is 83.1 cm³/mol. The van der Waals surface area contributed by atoms with Crippen LogP contribution in [0, 0.1) is 11.3 Å². The normalized spacial score (nSPS) is 14.2. The highest BCUT2D eigenvalue weighted by atomic mass is 15.1. The van der Waals surface area contributed by atoms with Gasteiger partial charge in [0.15, 0.2) is 0 Å². The molecule has 22 heavy (non-hydrogen) atoms. The molecule has 0 radical (unpaired) electrons. The maximum absolute atomic E-state index is 9.15. The van der Waals surface area contributed by atoms with Gasteiger partial charge in [0.2, 0.25) is 0 Å². The van der Waals surface area contributed by atoms with Gasteiger partial charge in [-0.3, -0.25) is 0 Å². The van der Waals surface area contributed by atoms with Crippen molar-refractivity contribution in [1.82, 2.24) is 19.5 Å². The lowest BCUT2D eigenvalue weighted by Gasteiger charge is -2.09. The summed E-state index contributed by atoms with van der Waals surface area (Å²) in [6.45, 7) is 2.09. The largest absolute Gasteiger partial charge is 0.321 e. The molecule has 1 aliphatic carbocycles. The quantitative estimate of drug-likeness (QED) is 0.742. The van der Waals surface area contributed by atoms with Crippen molar-refractivity contribution in [1.29, 1.82) is 5.26 Å². The Labute approximate surface area is 128 Å². The molecule has 0 bridgehead atoms. The van der Waals surface area contributed by atoms with Gasteiger partial charge in [-0.2, -0.15) is 5.26 Å². The van der Waals surface area contributed by atoms with Crippen LogP contribution in [0.25, 0.3) is 22.4 Å². The summed E-state index contributed by atoms with van der Waals surface area (Å²) in [5, 5.41) is 9.15. The summed E-state index contributed by atoms with van der Waals surface area (Å²) in [6, 6.07) is 8.35. The SMILES string of the molecule is CCc1ncncc1-c1nc2ccc(C#N)cc2n1C1CC1. The summed E-state index contributed by atoms with van der Waals surface area (Å²) in [6.07, 6.45) is 6.58. The zero-order valence-electron chi connectivity index (χ0n) is 12.3. The summed E-state index contributed by atoms with van der Waals surface area (Å²) in [4.78, 5) is 13.4. The van der Waals surface area contributed by atoms with Gasteiger partial charge in [0, 0.05) is 12.2 Å². The van der Waals surface area contributed by atoms with Gasteiger partial charge < -0.3 is 4.57 Å². The zero-order chi connectivity index (χ0) is 15.1. The van der Waals surface area contributed by atoms with Gasteiger partial charge in [0.05, 0.1) is 33.9 Å². The third kappa shape index (κ3) is 1.96. The molecule has 2 aromatic heterocycles. The molecule has 0 spiro atoms. The molecule has 0 atom stereocenters. The monoisotopic (exact) mass is 289 g/mol. The number of nitrogens with zero attached hydrogens (tertiary/aromatic N) is 5. The number of imidazole rings is 1. The van der Waals surface area contributed by atoms with Crippen molar-refractivity contribution in [3.05, 3.63) is 42.0 Å². The van der Waals surface area contributed by atoms with Gasteiger partial charge in [-0.15, -0.1) is 0 Å². The third-order valence-corrected chi connectivity index (χ3v) is 4.10. The van der Waals surface area contributed by atoms with E-state index in [4.69, 9.17) is 10.2 Å². The first-order chi connectivity index (χ1) is 10.8. The fraction of sp³-hybridized carbons (Fsp3) is 0.294. The molecular weight excluding hydrogens is 274 g/mol. The lowest BCUT2D eigenvalue weighted by Crippen LogP contribution is -2.01. The highest BCUT2D eigenvalue weighted by Gasteiger charge is 2.29. The first-order valence-corrected chi connectivity index (χ1v) is 7.53. The van der Waals surface area contributed by atoms with E-state index in [2.05, 4.69) is 27.5 Å². The van der Waals surface area contributed by atoms with Crippen LogP contribution in [0.4, 0.5) is 0 Å². The second kappa shape index (κ2) is 4.92. The Balaban J connectivity index is 2.01. The molecule has 1 fully saturated rings. The molecule has 5 heteroatoms. The lowest BCUT2D eigenvalue weighted by atomic mass is 10.2. The average molecular weight is 289 g/mol. The number of nitriles is 1. The second-order valence-electron chi connectivity index (χ2n) is 5.59. The van der Waals surface area contributed by atoms with E-state index in [-0.39, 0.29) is 0 Å². The molecule has 1 aliphatic rings. The molecule has 108 valence electrons. The minimum absolute atomic E-state index is 0.471. The van der Waals surface area contributed by atoms with E-state index in [0.29, 0.717) is 11.6 Å². The van der Waals surface area contributed by atoms with E-state index >= 15 is 0 Å². The van der Waals surface area contributed by atoms with Crippen LogP contribution in [0.3, 0.4) is 0 Å². The number of hydrogen-bond acceptors (Lipinski definition) is 4. The van der Waals surface area contributed by atoms with Gasteiger partial charge in [0.25, 0.3) is 0 Å². The fourth-order valence-corrected chi connectivity index (χ4v) is 2.88. The van der Waals surface area contributed by atoms with Crippen LogP contribution in [-0.4, -0.2) is 19.5 Å². The van der Waals surface area contributed by atoms with E-state index in [1.807, 2.05) is 24.4 Å². The number of aryl methyl sites for hydroxylation is 1. The fourth-order valence-electron chi connectivity index (χ4n) is 2.88. The first-order valence-electron chi connectivity index (χ1n) is 7.53. The summed E-state index contributed by atoms with van der Waals surface area (Å²) in [5.74, 6) is 0.921. The van der Waals surface area contributed by atoms with Crippen molar-refractivity contribution >= 4 is 11.0 Å². The molecule has 1 saturated carbocycles. The van der Waals surface area contributed by atoms with Gasteiger partial charge in [-0.05, 0) is 37.5 Å². The maximum atomic E-state index is 9.15. The van der Waals surface area contributed by atoms with E-state index in [1.54, 1.807) is 6.33 Å². The Kier molecular flexibility index (Phi) is 2.90. The molecular formula is C17H15N5. The van der Waals surface area contributed by atoms with Crippen molar-refractivity contribution < 1.29 is 0 Å². The number of rotatable bonds is 3. The maximum Gasteiger partial charge on any atom is 0.144 e. The molecule has 0 N–H and O–H groups in total. The Hall–Kier alpha value is -2.74. The minimum Gasteiger partial charge on any atom is -0.321 e. The molecule has 3 aromatic rings. The number of aromatic nitrogens is 4. The van der Waals surface area contributed by atoms with Crippen LogP contribution in [-0.2, 0) is 6.42 Å². The molecule has 0 unspecified atom stereocenters. The zero-order valence-corrected chi connectivity index (χ0v) is 12.3. The van der Waals surface area contributed by atoms with Crippen LogP contribution >= 0.6 is 0 Å². The molecule has 0 aliphatic heterocycles. The summed E-state index contributed by atoms with van der Waals surface area (Å²) in [5.41, 5.74) is 4.62. The summed E-state index contributed by atoms with van der Waals surface area (Å²) in [7, 11) is 0. The van der Waals surface area contributed by atoms with E-state index in [9.17, 15) is 0 Å². The minimum atomic E-state index is 0.471. The summed E-state index contributed by atoms with van der Waals surface area (Å²) < 4.78 is 2.26. The molecule has 1 aromatic carbocycles. The molecule has 2 heterocycles. The van der Waals surface area contributed by atoms with Gasteiger partial charge in [-0.25, -0.2) is 15.0 Å². The standard InChI is InChI=1S/C17H15N5/c1-2-14-13(9-19-10-20-14)17-21-15-6-3-11(8-18)7-16(15)22(17)12-4-5-12/h3,6-7,9-10,12H,2,4-5H2,1H3. The van der Waals surface area contributed by atoms with Crippen molar-refractivity contribution in [2.75, 3.05) is 0 Å². The summed E-state index contributed by atoms with van der Waals surface area (Å²) >= 11 is 0. The van der Waals surface area contributed by atoms with E-state index in [1.165, 1.54) is 0 Å². The van der Waals surface area contributed by atoms with Gasteiger partial charge in [-0.1, -0.05) is 6.92 Å². The van der Waals surface area contributed by atoms with Crippen molar-refractivity contribution in [3.8, 4) is 17.5 Å². The van der Waals surface area contributed by atoms with Gasteiger partial charge >= 0.3 is 0 Å². The van der Waals surface area contributed by atoms with Gasteiger partial charge in [0.1, 0.15) is 12.2 Å². The van der Waals surface area contributed by atoms with Crippen LogP contribution in [0.2, 0.25) is 0 Å². The van der Waals surface area contributed by atoms with Crippen molar-refractivity contribution in [2.45, 2.75) is 32.2 Å². The molecule has 4 rings (SSSR count). The highest BCUT2D eigenvalue weighted by Crippen LogP contribution is 2.41. The Morgan fingerprint density at radius 3 is 2.95 bits per heavy atom. The Morgan fingerprint density at radius 2 is 2.23 bits per heavy atom. The van der Waals surface area contributed by atoms with Crippen LogP contribution < -0.4 is 0 Å².